The summed E-state index contributed by atoms with van der Waals surface area (Å²) in [6.07, 6.45) is -1.01. The zero-order valence-electron chi connectivity index (χ0n) is 10.2. The van der Waals surface area contributed by atoms with Gasteiger partial charge in [0.2, 0.25) is 5.82 Å². The van der Waals surface area contributed by atoms with Crippen molar-refractivity contribution in [2.24, 2.45) is 0 Å². The van der Waals surface area contributed by atoms with Gasteiger partial charge in [0.25, 0.3) is 0 Å². The van der Waals surface area contributed by atoms with Gasteiger partial charge in [-0.2, -0.15) is 4.39 Å². The Morgan fingerprint density at radius 1 is 1.58 bits per heavy atom. The molecule has 1 aromatic rings. The lowest BCUT2D eigenvalue weighted by molar-refractivity contribution is -0.387. The van der Waals surface area contributed by atoms with E-state index in [2.05, 4.69) is 0 Å². The molecule has 0 aliphatic carbocycles. The topological polar surface area (TPSA) is 78.7 Å². The van der Waals surface area contributed by atoms with Crippen molar-refractivity contribution in [3.05, 3.63) is 33.1 Å². The van der Waals surface area contributed by atoms with Gasteiger partial charge in [0, 0.05) is 6.07 Å². The largest absolute Gasteiger partial charge is 0.477 e. The molecule has 0 amide bonds. The summed E-state index contributed by atoms with van der Waals surface area (Å²) < 4.78 is 23.1. The first-order chi connectivity index (χ1) is 8.86. The molecule has 0 saturated carbocycles. The Balaban J connectivity index is 2.98. The molecule has 0 radical (unpaired) electrons. The number of hydrogen-bond donors (Lipinski definition) is 0. The number of esters is 1. The summed E-state index contributed by atoms with van der Waals surface area (Å²) in [5, 5.41) is 10.4. The van der Waals surface area contributed by atoms with Crippen molar-refractivity contribution in [1.82, 2.24) is 0 Å². The van der Waals surface area contributed by atoms with Gasteiger partial charge in [-0.3, -0.25) is 10.1 Å². The highest BCUT2D eigenvalue weighted by molar-refractivity contribution is 6.32. The van der Waals surface area contributed by atoms with Crippen molar-refractivity contribution in [3.63, 3.8) is 0 Å². The van der Waals surface area contributed by atoms with E-state index in [1.807, 2.05) is 0 Å². The lowest BCUT2D eigenvalue weighted by Crippen LogP contribution is -2.26. The molecule has 104 valence electrons. The molecule has 1 aromatic carbocycles. The van der Waals surface area contributed by atoms with E-state index in [1.165, 1.54) is 6.92 Å². The number of rotatable bonds is 5. The summed E-state index contributed by atoms with van der Waals surface area (Å²) in [6.45, 7) is 3.19. The van der Waals surface area contributed by atoms with Crippen LogP contribution in [0.4, 0.5) is 10.1 Å². The monoisotopic (exact) mass is 291 g/mol. The van der Waals surface area contributed by atoms with Gasteiger partial charge in [0.15, 0.2) is 6.10 Å². The van der Waals surface area contributed by atoms with E-state index >= 15 is 0 Å². The maximum absolute atomic E-state index is 13.2. The first kappa shape index (κ1) is 15.2. The summed E-state index contributed by atoms with van der Waals surface area (Å²) in [5.74, 6) is -1.88. The van der Waals surface area contributed by atoms with E-state index in [0.717, 1.165) is 12.1 Å². The molecular formula is C11H11ClFNO5. The minimum atomic E-state index is -1.08. The number of carbonyl (C=O) groups excluding carboxylic acids is 1. The molecule has 0 aromatic heterocycles. The molecule has 0 fully saturated rings. The van der Waals surface area contributed by atoms with Crippen LogP contribution in [0.15, 0.2) is 12.1 Å². The van der Waals surface area contributed by atoms with Gasteiger partial charge in [-0.05, 0) is 13.8 Å². The predicted molar refractivity (Wildman–Crippen MR) is 64.8 cm³/mol. The second kappa shape index (κ2) is 6.33. The Bertz CT molecular complexity index is 508. The van der Waals surface area contributed by atoms with Gasteiger partial charge in [-0.1, -0.05) is 11.6 Å². The molecule has 6 nitrogen and oxygen atoms in total. The van der Waals surface area contributed by atoms with E-state index in [9.17, 15) is 19.3 Å². The molecule has 0 aliphatic heterocycles. The van der Waals surface area contributed by atoms with Crippen LogP contribution in [-0.4, -0.2) is 23.6 Å². The highest BCUT2D eigenvalue weighted by atomic mass is 35.5. The van der Waals surface area contributed by atoms with Crippen LogP contribution >= 0.6 is 11.6 Å². The summed E-state index contributed by atoms with van der Waals surface area (Å²) >= 11 is 5.69. The zero-order valence-corrected chi connectivity index (χ0v) is 10.9. The Labute approximate surface area is 113 Å². The number of carbonyl (C=O) groups is 1. The van der Waals surface area contributed by atoms with E-state index in [-0.39, 0.29) is 17.4 Å². The van der Waals surface area contributed by atoms with Crippen LogP contribution in [0.3, 0.4) is 0 Å². The fourth-order valence-electron chi connectivity index (χ4n) is 1.25. The Hall–Kier alpha value is -1.89. The Kier molecular flexibility index (Phi) is 5.05. The number of hydrogen-bond acceptors (Lipinski definition) is 5. The van der Waals surface area contributed by atoms with Gasteiger partial charge in [0.1, 0.15) is 5.75 Å². The second-order valence-corrected chi connectivity index (χ2v) is 3.91. The van der Waals surface area contributed by atoms with Crippen LogP contribution in [0.25, 0.3) is 0 Å². The molecule has 0 spiro atoms. The molecule has 0 saturated heterocycles. The molecule has 0 bridgehead atoms. The lowest BCUT2D eigenvalue weighted by atomic mass is 10.3. The van der Waals surface area contributed by atoms with E-state index in [4.69, 9.17) is 21.1 Å². The van der Waals surface area contributed by atoms with E-state index in [1.54, 1.807) is 6.92 Å². The average molecular weight is 292 g/mol. The number of benzene rings is 1. The van der Waals surface area contributed by atoms with Gasteiger partial charge >= 0.3 is 11.7 Å². The number of ether oxygens (including phenoxy) is 2. The van der Waals surface area contributed by atoms with Crippen molar-refractivity contribution in [1.29, 1.82) is 0 Å². The maximum Gasteiger partial charge on any atom is 0.347 e. The highest BCUT2D eigenvalue weighted by Crippen LogP contribution is 2.32. The third-order valence-corrected chi connectivity index (χ3v) is 2.42. The van der Waals surface area contributed by atoms with Crippen molar-refractivity contribution < 1.29 is 23.6 Å². The SMILES string of the molecule is CCOC(=O)C(C)Oc1cc([N+](=O)[O-])c(F)cc1Cl. The summed E-state index contributed by atoms with van der Waals surface area (Å²) in [6, 6.07) is 1.58. The zero-order chi connectivity index (χ0) is 14.6. The van der Waals surface area contributed by atoms with Crippen LogP contribution < -0.4 is 4.74 Å². The van der Waals surface area contributed by atoms with Crippen molar-refractivity contribution in [2.75, 3.05) is 6.61 Å². The quantitative estimate of drug-likeness (QED) is 0.473. The molecule has 0 N–H and O–H groups in total. The average Bonchev–Trinajstić information content (AvgIpc) is 2.32. The van der Waals surface area contributed by atoms with Gasteiger partial charge in [-0.15, -0.1) is 0 Å². The fourth-order valence-corrected chi connectivity index (χ4v) is 1.44. The maximum atomic E-state index is 13.2. The fraction of sp³-hybridized carbons (Fsp3) is 0.364. The Morgan fingerprint density at radius 3 is 2.74 bits per heavy atom. The van der Waals surface area contributed by atoms with Crippen molar-refractivity contribution >= 4 is 23.3 Å². The lowest BCUT2D eigenvalue weighted by Gasteiger charge is -2.14. The highest BCUT2D eigenvalue weighted by Gasteiger charge is 2.22. The van der Waals surface area contributed by atoms with Crippen LogP contribution in [0.1, 0.15) is 13.8 Å². The van der Waals surface area contributed by atoms with Crippen LogP contribution in [0.2, 0.25) is 5.02 Å². The molecule has 0 heterocycles. The number of halogens is 2. The molecule has 1 rings (SSSR count). The van der Waals surface area contributed by atoms with Crippen molar-refractivity contribution in [3.8, 4) is 5.75 Å². The number of nitrogens with zero attached hydrogens (tertiary/aromatic N) is 1. The van der Waals surface area contributed by atoms with E-state index < -0.39 is 28.5 Å². The molecule has 0 aliphatic rings. The standard InChI is InChI=1S/C11H11ClFNO5/c1-3-18-11(15)6(2)19-10-5-9(14(16)17)8(13)4-7(10)12/h4-6H,3H2,1-2H3. The number of nitro groups is 1. The van der Waals surface area contributed by atoms with Gasteiger partial charge in [0.05, 0.1) is 22.6 Å². The number of nitro benzene ring substituents is 1. The van der Waals surface area contributed by atoms with Gasteiger partial charge < -0.3 is 9.47 Å². The smallest absolute Gasteiger partial charge is 0.347 e. The molecule has 19 heavy (non-hydrogen) atoms. The third kappa shape index (κ3) is 3.78. The van der Waals surface area contributed by atoms with E-state index in [0.29, 0.717) is 0 Å². The molecular weight excluding hydrogens is 281 g/mol. The Morgan fingerprint density at radius 2 is 2.21 bits per heavy atom. The summed E-state index contributed by atoms with van der Waals surface area (Å²) in [5.41, 5.74) is -0.782. The first-order valence-corrected chi connectivity index (χ1v) is 5.71. The minimum Gasteiger partial charge on any atom is -0.477 e. The molecule has 1 unspecified atom stereocenters. The minimum absolute atomic E-state index is 0.157. The van der Waals surface area contributed by atoms with Crippen LogP contribution in [0, 0.1) is 15.9 Å². The normalized spacial score (nSPS) is 11.8. The van der Waals surface area contributed by atoms with Crippen molar-refractivity contribution in [2.45, 2.75) is 20.0 Å². The molecule has 1 atom stereocenters. The second-order valence-electron chi connectivity index (χ2n) is 3.50. The van der Waals surface area contributed by atoms with Gasteiger partial charge in [-0.25, -0.2) is 4.79 Å². The van der Waals surface area contributed by atoms with Crippen LogP contribution in [0.5, 0.6) is 5.75 Å². The third-order valence-electron chi connectivity index (χ3n) is 2.12. The van der Waals surface area contributed by atoms with Crippen LogP contribution in [-0.2, 0) is 9.53 Å². The molecule has 8 heteroatoms. The first-order valence-electron chi connectivity index (χ1n) is 5.33. The predicted octanol–water partition coefficient (Wildman–Crippen LogP) is 2.72. The summed E-state index contributed by atoms with van der Waals surface area (Å²) in [4.78, 5) is 21.0. The summed E-state index contributed by atoms with van der Waals surface area (Å²) in [7, 11) is 0.